The van der Waals surface area contributed by atoms with Gasteiger partial charge in [0.05, 0.1) is 15.8 Å². The van der Waals surface area contributed by atoms with E-state index in [0.29, 0.717) is 11.1 Å². The summed E-state index contributed by atoms with van der Waals surface area (Å²) in [7, 11) is 1.67. The molecule has 0 aliphatic rings. The number of anilines is 1. The molecule has 0 aromatic carbocycles. The van der Waals surface area contributed by atoms with Crippen molar-refractivity contribution in [3.8, 4) is 0 Å². The lowest BCUT2D eigenvalue weighted by atomic mass is 10.6. The largest absolute Gasteiger partial charge is 0.375 e. The highest BCUT2D eigenvalue weighted by Gasteiger charge is 2.04. The van der Waals surface area contributed by atoms with Gasteiger partial charge in [-0.2, -0.15) is 0 Å². The number of ether oxygens (including phenoxy) is 1. The zero-order chi connectivity index (χ0) is 8.27. The van der Waals surface area contributed by atoms with Crippen LogP contribution in [0.5, 0.6) is 0 Å². The second-order valence-corrected chi connectivity index (χ2v) is 4.20. The van der Waals surface area contributed by atoms with E-state index in [0.717, 1.165) is 9.90 Å². The van der Waals surface area contributed by atoms with Crippen LogP contribution >= 0.6 is 23.1 Å². The maximum Gasteiger partial charge on any atom is 0.181 e. The SMILES string of the molecule is COCSc1sc(N)nc1C. The third-order valence-electron chi connectivity index (χ3n) is 1.08. The molecule has 3 nitrogen and oxygen atoms in total. The van der Waals surface area contributed by atoms with Crippen molar-refractivity contribution in [1.29, 1.82) is 0 Å². The highest BCUT2D eigenvalue weighted by atomic mass is 32.2. The molecule has 0 fully saturated rings. The Hall–Kier alpha value is -0.260. The first-order chi connectivity index (χ1) is 5.24. The molecule has 0 saturated heterocycles. The summed E-state index contributed by atoms with van der Waals surface area (Å²) in [5.41, 5.74) is 6.50. The predicted octanol–water partition coefficient (Wildman–Crippen LogP) is 1.73. The Labute approximate surface area is 74.0 Å². The van der Waals surface area contributed by atoms with E-state index in [1.807, 2.05) is 6.92 Å². The number of hydrogen-bond donors (Lipinski definition) is 1. The monoisotopic (exact) mass is 190 g/mol. The Balaban J connectivity index is 2.62. The number of thiazole rings is 1. The van der Waals surface area contributed by atoms with Crippen molar-refractivity contribution >= 4 is 28.2 Å². The van der Waals surface area contributed by atoms with Gasteiger partial charge in [-0.15, -0.1) is 0 Å². The Morgan fingerprint density at radius 1 is 1.73 bits per heavy atom. The van der Waals surface area contributed by atoms with Crippen LogP contribution in [0.2, 0.25) is 0 Å². The Bertz CT molecular complexity index is 236. The highest BCUT2D eigenvalue weighted by Crippen LogP contribution is 2.29. The molecule has 1 aromatic heterocycles. The summed E-state index contributed by atoms with van der Waals surface area (Å²) in [6.45, 7) is 1.95. The van der Waals surface area contributed by atoms with Gasteiger partial charge in [0.25, 0.3) is 0 Å². The average Bonchev–Trinajstić information content (AvgIpc) is 2.26. The molecule has 0 spiro atoms. The number of hydrogen-bond acceptors (Lipinski definition) is 5. The van der Waals surface area contributed by atoms with Gasteiger partial charge in [-0.05, 0) is 6.92 Å². The van der Waals surface area contributed by atoms with E-state index in [-0.39, 0.29) is 0 Å². The number of methoxy groups -OCH3 is 1. The molecule has 5 heteroatoms. The van der Waals surface area contributed by atoms with Crippen molar-refractivity contribution in [3.63, 3.8) is 0 Å². The summed E-state index contributed by atoms with van der Waals surface area (Å²) in [6.07, 6.45) is 0. The second-order valence-electron chi connectivity index (χ2n) is 1.98. The number of aryl methyl sites for hydroxylation is 1. The molecule has 1 rings (SSSR count). The molecule has 1 heterocycles. The van der Waals surface area contributed by atoms with Crippen LogP contribution in [-0.2, 0) is 4.74 Å². The number of nitrogens with zero attached hydrogens (tertiary/aromatic N) is 1. The third-order valence-corrected chi connectivity index (χ3v) is 3.37. The molecular weight excluding hydrogens is 180 g/mol. The van der Waals surface area contributed by atoms with Crippen LogP contribution < -0.4 is 5.73 Å². The van der Waals surface area contributed by atoms with E-state index in [2.05, 4.69) is 4.98 Å². The Morgan fingerprint density at radius 3 is 2.91 bits per heavy atom. The van der Waals surface area contributed by atoms with Crippen molar-refractivity contribution in [2.75, 3.05) is 18.8 Å². The Morgan fingerprint density at radius 2 is 2.45 bits per heavy atom. The molecule has 0 saturated carbocycles. The molecule has 2 N–H and O–H groups in total. The summed E-state index contributed by atoms with van der Waals surface area (Å²) >= 11 is 3.13. The molecule has 62 valence electrons. The minimum atomic E-state index is 0.626. The number of nitrogen functional groups attached to an aromatic ring is 1. The quantitative estimate of drug-likeness (QED) is 0.582. The van der Waals surface area contributed by atoms with Gasteiger partial charge in [0.15, 0.2) is 5.13 Å². The standard InChI is InChI=1S/C6H10N2OS2/c1-4-5(10-3-9-2)11-6(7)8-4/h3H2,1-2H3,(H2,7,8). The fourth-order valence-corrected chi connectivity index (χ4v) is 2.33. The van der Waals surface area contributed by atoms with Gasteiger partial charge in [-0.25, -0.2) is 4.98 Å². The maximum absolute atomic E-state index is 5.50. The zero-order valence-electron chi connectivity index (χ0n) is 6.46. The number of rotatable bonds is 3. The van der Waals surface area contributed by atoms with E-state index in [1.165, 1.54) is 11.3 Å². The van der Waals surface area contributed by atoms with Crippen LogP contribution in [0, 0.1) is 6.92 Å². The van der Waals surface area contributed by atoms with Gasteiger partial charge in [0, 0.05) is 7.11 Å². The van der Waals surface area contributed by atoms with E-state index in [9.17, 15) is 0 Å². The molecule has 0 aliphatic carbocycles. The van der Waals surface area contributed by atoms with Gasteiger partial charge < -0.3 is 10.5 Å². The maximum atomic E-state index is 5.50. The summed E-state index contributed by atoms with van der Waals surface area (Å²) in [5.74, 6) is 0.655. The molecule has 1 aromatic rings. The normalized spacial score (nSPS) is 10.4. The molecule has 0 bridgehead atoms. The second kappa shape index (κ2) is 3.94. The van der Waals surface area contributed by atoms with Crippen LogP contribution in [0.4, 0.5) is 5.13 Å². The van der Waals surface area contributed by atoms with E-state index < -0.39 is 0 Å². The van der Waals surface area contributed by atoms with Gasteiger partial charge >= 0.3 is 0 Å². The van der Waals surface area contributed by atoms with Crippen LogP contribution in [0.15, 0.2) is 4.21 Å². The molecule has 0 aliphatic heterocycles. The summed E-state index contributed by atoms with van der Waals surface area (Å²) in [5, 5.41) is 0.626. The predicted molar refractivity (Wildman–Crippen MR) is 49.0 cm³/mol. The lowest BCUT2D eigenvalue weighted by Gasteiger charge is -1.94. The minimum absolute atomic E-state index is 0.626. The van der Waals surface area contributed by atoms with Crippen LogP contribution in [-0.4, -0.2) is 18.0 Å². The van der Waals surface area contributed by atoms with E-state index in [1.54, 1.807) is 18.9 Å². The van der Waals surface area contributed by atoms with Crippen molar-refractivity contribution in [1.82, 2.24) is 4.98 Å². The molecule has 0 unspecified atom stereocenters. The first kappa shape index (κ1) is 8.83. The number of aromatic nitrogens is 1. The van der Waals surface area contributed by atoms with Gasteiger partial charge in [-0.3, -0.25) is 0 Å². The van der Waals surface area contributed by atoms with Gasteiger partial charge in [-0.1, -0.05) is 23.1 Å². The smallest absolute Gasteiger partial charge is 0.181 e. The van der Waals surface area contributed by atoms with Gasteiger partial charge in [0.2, 0.25) is 0 Å². The number of nitrogens with two attached hydrogens (primary N) is 1. The first-order valence-electron chi connectivity index (χ1n) is 3.08. The summed E-state index contributed by atoms with van der Waals surface area (Å²) < 4.78 is 6.05. The molecule has 11 heavy (non-hydrogen) atoms. The van der Waals surface area contributed by atoms with Crippen molar-refractivity contribution in [2.45, 2.75) is 11.1 Å². The minimum Gasteiger partial charge on any atom is -0.375 e. The molecule has 0 amide bonds. The van der Waals surface area contributed by atoms with Crippen molar-refractivity contribution in [2.24, 2.45) is 0 Å². The van der Waals surface area contributed by atoms with Crippen molar-refractivity contribution < 1.29 is 4.74 Å². The van der Waals surface area contributed by atoms with E-state index in [4.69, 9.17) is 10.5 Å². The summed E-state index contributed by atoms with van der Waals surface area (Å²) in [6, 6.07) is 0. The zero-order valence-corrected chi connectivity index (χ0v) is 8.09. The fourth-order valence-electron chi connectivity index (χ4n) is 0.649. The average molecular weight is 190 g/mol. The fraction of sp³-hybridized carbons (Fsp3) is 0.500. The molecular formula is C6H10N2OS2. The Kier molecular flexibility index (Phi) is 3.16. The lowest BCUT2D eigenvalue weighted by Crippen LogP contribution is -1.81. The van der Waals surface area contributed by atoms with E-state index >= 15 is 0 Å². The van der Waals surface area contributed by atoms with Crippen molar-refractivity contribution in [3.05, 3.63) is 5.69 Å². The number of thioether (sulfide) groups is 1. The van der Waals surface area contributed by atoms with Crippen LogP contribution in [0.25, 0.3) is 0 Å². The lowest BCUT2D eigenvalue weighted by molar-refractivity contribution is 0.259. The van der Waals surface area contributed by atoms with Crippen LogP contribution in [0.1, 0.15) is 5.69 Å². The topological polar surface area (TPSA) is 48.1 Å². The first-order valence-corrected chi connectivity index (χ1v) is 4.89. The summed E-state index contributed by atoms with van der Waals surface area (Å²) in [4.78, 5) is 4.08. The van der Waals surface area contributed by atoms with Gasteiger partial charge in [0.1, 0.15) is 0 Å². The highest BCUT2D eigenvalue weighted by molar-refractivity contribution is 8.01. The molecule has 0 atom stereocenters. The van der Waals surface area contributed by atoms with Crippen LogP contribution in [0.3, 0.4) is 0 Å². The third kappa shape index (κ3) is 2.36. The molecule has 0 radical (unpaired) electrons.